The fourth-order valence-corrected chi connectivity index (χ4v) is 6.18. The smallest absolute Gasteiger partial charge is 0.323 e. The predicted molar refractivity (Wildman–Crippen MR) is 204 cm³/mol. The van der Waals surface area contributed by atoms with Crippen molar-refractivity contribution in [2.75, 3.05) is 82.3 Å². The van der Waals surface area contributed by atoms with E-state index in [1.807, 2.05) is 74.1 Å². The van der Waals surface area contributed by atoms with Crippen LogP contribution in [-0.2, 0) is 19.2 Å². The molecule has 3 aromatic rings. The number of hydrogen-bond acceptors (Lipinski definition) is 11. The first kappa shape index (κ1) is 39.4. The lowest BCUT2D eigenvalue weighted by Crippen LogP contribution is -2.41. The van der Waals surface area contributed by atoms with E-state index in [0.717, 1.165) is 42.9 Å². The Balaban J connectivity index is 1.59. The maximum atomic E-state index is 11.9. The summed E-state index contributed by atoms with van der Waals surface area (Å²) in [5, 5.41) is 42.0. The van der Waals surface area contributed by atoms with E-state index in [1.165, 1.54) is 0 Å². The third-order valence-corrected chi connectivity index (χ3v) is 8.66. The van der Waals surface area contributed by atoms with Crippen molar-refractivity contribution in [3.05, 3.63) is 83.7 Å². The van der Waals surface area contributed by atoms with Crippen molar-refractivity contribution in [2.45, 2.75) is 6.92 Å². The van der Waals surface area contributed by atoms with E-state index < -0.39 is 50.1 Å². The van der Waals surface area contributed by atoms with Crippen LogP contribution in [0.4, 0.5) is 17.1 Å². The van der Waals surface area contributed by atoms with Crippen molar-refractivity contribution in [1.82, 2.24) is 4.58 Å². The van der Waals surface area contributed by atoms with Gasteiger partial charge in [-0.05, 0) is 60.5 Å². The van der Waals surface area contributed by atoms with E-state index in [1.54, 1.807) is 43.3 Å². The van der Waals surface area contributed by atoms with Gasteiger partial charge < -0.3 is 53.8 Å². The number of carboxylic acids is 4. The molecule has 1 aliphatic heterocycles. The van der Waals surface area contributed by atoms with Crippen LogP contribution in [0.2, 0.25) is 0 Å². The molecule has 0 aromatic heterocycles. The first-order chi connectivity index (χ1) is 26.1. The van der Waals surface area contributed by atoms with Crippen molar-refractivity contribution in [1.29, 1.82) is 0 Å². The van der Waals surface area contributed by atoms with E-state index in [0.29, 0.717) is 16.9 Å². The highest BCUT2D eigenvalue weighted by molar-refractivity contribution is 6.03. The molecular formula is C40H42N4O11. The van der Waals surface area contributed by atoms with Crippen LogP contribution in [0.1, 0.15) is 5.56 Å². The normalized spacial score (nSPS) is 10.9. The van der Waals surface area contributed by atoms with Gasteiger partial charge in [0.05, 0.1) is 30.0 Å². The van der Waals surface area contributed by atoms with E-state index in [2.05, 4.69) is 0 Å². The van der Waals surface area contributed by atoms with Gasteiger partial charge in [-0.15, -0.1) is 0 Å². The van der Waals surface area contributed by atoms with Crippen LogP contribution >= 0.6 is 0 Å². The molecule has 5 rings (SSSR count). The lowest BCUT2D eigenvalue weighted by molar-refractivity contribution is -0.303. The Kier molecular flexibility index (Phi) is 12.1. The summed E-state index contributed by atoms with van der Waals surface area (Å²) < 4.78 is 20.7. The molecule has 0 saturated carbocycles. The molecule has 0 radical (unpaired) electrons. The van der Waals surface area contributed by atoms with Gasteiger partial charge in [-0.1, -0.05) is 12.1 Å². The van der Waals surface area contributed by atoms with Crippen LogP contribution in [0.5, 0.6) is 11.5 Å². The third-order valence-electron chi connectivity index (χ3n) is 8.66. The molecule has 0 unspecified atom stereocenters. The minimum Gasteiger partial charge on any atom is -0.548 e. The number of hydrogen-bond donors (Lipinski definition) is 3. The topological polar surface area (TPSA) is 196 Å². The van der Waals surface area contributed by atoms with Gasteiger partial charge >= 0.3 is 17.9 Å². The van der Waals surface area contributed by atoms with Gasteiger partial charge in [-0.3, -0.25) is 14.4 Å². The van der Waals surface area contributed by atoms with E-state index in [4.69, 9.17) is 13.9 Å². The second-order valence-electron chi connectivity index (χ2n) is 13.2. The highest BCUT2D eigenvalue weighted by atomic mass is 16.5. The van der Waals surface area contributed by atoms with Gasteiger partial charge in [-0.25, -0.2) is 4.58 Å². The molecule has 288 valence electrons. The van der Waals surface area contributed by atoms with Crippen LogP contribution in [0.25, 0.3) is 33.4 Å². The summed E-state index contributed by atoms with van der Waals surface area (Å²) in [6.45, 7) is -0.997. The van der Waals surface area contributed by atoms with Gasteiger partial charge in [0.15, 0.2) is 0 Å². The lowest BCUT2D eigenvalue weighted by Gasteiger charge is -2.27. The van der Waals surface area contributed by atoms with E-state index in [9.17, 15) is 39.6 Å². The summed E-state index contributed by atoms with van der Waals surface area (Å²) in [5.74, 6) is -4.22. The quantitative estimate of drug-likeness (QED) is 0.0712. The Bertz CT molecular complexity index is 2260. The van der Waals surface area contributed by atoms with Crippen molar-refractivity contribution in [2.24, 2.45) is 0 Å². The van der Waals surface area contributed by atoms with Crippen LogP contribution < -0.4 is 39.2 Å². The number of aliphatic carboxylic acids is 4. The number of aryl methyl sites for hydroxylation is 1. The number of anilines is 3. The van der Waals surface area contributed by atoms with Crippen LogP contribution in [-0.4, -0.2) is 107 Å². The van der Waals surface area contributed by atoms with Gasteiger partial charge in [-0.2, -0.15) is 0 Å². The fourth-order valence-electron chi connectivity index (χ4n) is 6.18. The molecule has 2 aliphatic rings. The van der Waals surface area contributed by atoms with Gasteiger partial charge in [0, 0.05) is 48.4 Å². The largest absolute Gasteiger partial charge is 0.548 e. The first-order valence-corrected chi connectivity index (χ1v) is 17.1. The molecule has 0 amide bonds. The molecular weight excluding hydrogens is 712 g/mol. The number of nitrogens with zero attached hydrogens (tertiary/aromatic N) is 4. The number of fused-ring (bicyclic) bond motifs is 2. The number of ether oxygens (including phenoxy) is 2. The van der Waals surface area contributed by atoms with Crippen molar-refractivity contribution >= 4 is 51.9 Å². The monoisotopic (exact) mass is 754 g/mol. The molecule has 0 bridgehead atoms. The molecule has 3 N–H and O–H groups in total. The molecule has 55 heavy (non-hydrogen) atoms. The lowest BCUT2D eigenvalue weighted by atomic mass is 9.93. The maximum Gasteiger partial charge on any atom is 0.323 e. The van der Waals surface area contributed by atoms with Crippen LogP contribution in [0, 0.1) is 6.92 Å². The fraction of sp³-hybridized carbons (Fsp3) is 0.275. The number of carbonyl (C=O) groups is 4. The zero-order chi connectivity index (χ0) is 40.0. The second kappa shape index (κ2) is 16.9. The minimum atomic E-state index is -1.49. The number of benzene rings is 4. The van der Waals surface area contributed by atoms with Crippen LogP contribution in [0.3, 0.4) is 0 Å². The summed E-state index contributed by atoms with van der Waals surface area (Å²) in [6.07, 6.45) is 0. The van der Waals surface area contributed by atoms with Crippen molar-refractivity contribution < 1.29 is 53.5 Å². The summed E-state index contributed by atoms with van der Waals surface area (Å²) >= 11 is 0. The van der Waals surface area contributed by atoms with E-state index >= 15 is 0 Å². The molecule has 0 spiro atoms. The summed E-state index contributed by atoms with van der Waals surface area (Å²) in [4.78, 5) is 51.0. The standard InChI is InChI=1S/C40H42N4O11/c1-24-6-12-30(43(20-36(45)46)21-37(47)48)34(16-24)53-14-15-54-35-17-25(7-13-31(35)44(22-38(49)50)23-39(51)52)40-28-10-8-26(41(2)3)18-32(28)55-33-19-27(42(4)5)9-11-29(33)40/h6-13,16-19H,14-15,20-23H2,1-5H3,(H3-,45,46,47,48,49,50,51,52). The van der Waals surface area contributed by atoms with Crippen molar-refractivity contribution in [3.63, 3.8) is 0 Å². The number of carbonyl (C=O) groups excluding carboxylic acids is 1. The first-order valence-electron chi connectivity index (χ1n) is 17.1. The van der Waals surface area contributed by atoms with Crippen LogP contribution in [0.15, 0.2) is 77.2 Å². The Morgan fingerprint density at radius 1 is 0.727 bits per heavy atom. The average molecular weight is 755 g/mol. The van der Waals surface area contributed by atoms with Crippen molar-refractivity contribution in [3.8, 4) is 33.9 Å². The maximum absolute atomic E-state index is 11.9. The Morgan fingerprint density at radius 2 is 1.31 bits per heavy atom. The highest BCUT2D eigenvalue weighted by Gasteiger charge is 2.23. The summed E-state index contributed by atoms with van der Waals surface area (Å²) in [5.41, 5.74) is 4.99. The molecule has 1 aliphatic carbocycles. The minimum absolute atomic E-state index is 0.107. The van der Waals surface area contributed by atoms with Gasteiger partial charge in [0.2, 0.25) is 5.36 Å². The van der Waals surface area contributed by atoms with Gasteiger partial charge in [0.1, 0.15) is 69.8 Å². The molecule has 0 atom stereocenters. The number of carboxylic acid groups (broad SMARTS) is 4. The molecule has 0 saturated heterocycles. The Hall–Kier alpha value is -6.77. The molecule has 1 heterocycles. The van der Waals surface area contributed by atoms with E-state index in [-0.39, 0.29) is 36.1 Å². The highest BCUT2D eigenvalue weighted by Crippen LogP contribution is 2.43. The average Bonchev–Trinajstić information content (AvgIpc) is 3.10. The molecule has 3 aromatic carbocycles. The Labute approximate surface area is 316 Å². The third kappa shape index (κ3) is 9.62. The molecule has 15 nitrogen and oxygen atoms in total. The SMILES string of the molecule is Cc1ccc(N(CC(=O)O)CC(=O)O)c(OCCOc2cc(-c3c4ccc(=[N+](C)C)cc-4oc4cc(N(C)C)ccc34)ccc2N(CC(=O)[O-])CC(=O)O)c1. The Morgan fingerprint density at radius 3 is 1.87 bits per heavy atom. The summed E-state index contributed by atoms with van der Waals surface area (Å²) in [6, 6.07) is 21.7. The summed E-state index contributed by atoms with van der Waals surface area (Å²) in [7, 11) is 7.71. The molecule has 0 fully saturated rings. The second-order valence-corrected chi connectivity index (χ2v) is 13.2. The molecule has 15 heteroatoms. The zero-order valence-electron chi connectivity index (χ0n) is 31.1. The predicted octanol–water partition coefficient (Wildman–Crippen LogP) is 2.69. The zero-order valence-corrected chi connectivity index (χ0v) is 31.1. The van der Waals surface area contributed by atoms with Gasteiger partial charge in [0.25, 0.3) is 0 Å². The number of rotatable bonds is 17.